The van der Waals surface area contributed by atoms with E-state index in [1.54, 1.807) is 42.5 Å². The summed E-state index contributed by atoms with van der Waals surface area (Å²) in [4.78, 5) is 28.6. The molecule has 6 nitrogen and oxygen atoms in total. The lowest BCUT2D eigenvalue weighted by Gasteiger charge is -2.19. The summed E-state index contributed by atoms with van der Waals surface area (Å²) in [5, 5.41) is 2.80. The van der Waals surface area contributed by atoms with E-state index in [1.807, 2.05) is 0 Å². The molecule has 0 radical (unpaired) electrons. The summed E-state index contributed by atoms with van der Waals surface area (Å²) in [6, 6.07) is 6.97. The van der Waals surface area contributed by atoms with Crippen molar-refractivity contribution in [1.82, 2.24) is 4.98 Å². The molecule has 1 fully saturated rings. The lowest BCUT2D eigenvalue weighted by molar-refractivity contribution is -0.117. The van der Waals surface area contributed by atoms with Crippen LogP contribution in [0.3, 0.4) is 0 Å². The number of aromatic amines is 1. The fourth-order valence-corrected chi connectivity index (χ4v) is 2.92. The van der Waals surface area contributed by atoms with Crippen molar-refractivity contribution >= 4 is 39.1 Å². The first-order valence-electron chi connectivity index (χ1n) is 7.22. The topological polar surface area (TPSA) is 74.4 Å². The minimum Gasteiger partial charge on any atom is -0.494 e. The molecule has 2 N–H and O–H groups in total. The second-order valence-electron chi connectivity index (χ2n) is 5.22. The van der Waals surface area contributed by atoms with Gasteiger partial charge in [0.1, 0.15) is 11.4 Å². The molecular weight excluding hydrogens is 362 g/mol. The average Bonchev–Trinajstić information content (AvgIpc) is 3.16. The van der Waals surface area contributed by atoms with E-state index in [1.165, 1.54) is 0 Å². The zero-order valence-electron chi connectivity index (χ0n) is 12.6. The van der Waals surface area contributed by atoms with Gasteiger partial charge in [0.25, 0.3) is 5.91 Å². The first-order chi connectivity index (χ1) is 11.1. The number of benzene rings is 1. The standard InChI is InChI=1S/C16H16BrN3O3/c1-23-14-8-11(19-16(22)12-7-10(17)9-18-12)4-5-13(14)20-6-2-3-15(20)21/h4-5,7-9,18H,2-3,6H2,1H3,(H,19,22). The molecule has 0 aliphatic carbocycles. The number of carbonyl (C=O) groups excluding carboxylic acids is 2. The number of H-pyrrole nitrogens is 1. The molecule has 23 heavy (non-hydrogen) atoms. The van der Waals surface area contributed by atoms with Gasteiger partial charge in [0.15, 0.2) is 0 Å². The Bertz CT molecular complexity index is 757. The summed E-state index contributed by atoms with van der Waals surface area (Å²) in [5.74, 6) is 0.407. The van der Waals surface area contributed by atoms with Crippen LogP contribution in [0.15, 0.2) is 34.9 Å². The zero-order chi connectivity index (χ0) is 16.4. The van der Waals surface area contributed by atoms with E-state index in [9.17, 15) is 9.59 Å². The van der Waals surface area contributed by atoms with Crippen LogP contribution in [0.4, 0.5) is 11.4 Å². The smallest absolute Gasteiger partial charge is 0.272 e. The minimum atomic E-state index is -0.247. The number of amides is 2. The Morgan fingerprint density at radius 1 is 1.39 bits per heavy atom. The summed E-state index contributed by atoms with van der Waals surface area (Å²) >= 11 is 3.29. The number of hydrogen-bond acceptors (Lipinski definition) is 3. The Kier molecular flexibility index (Phi) is 4.38. The Hall–Kier alpha value is -2.28. The number of hydrogen-bond donors (Lipinski definition) is 2. The number of nitrogens with zero attached hydrogens (tertiary/aromatic N) is 1. The third-order valence-corrected chi connectivity index (χ3v) is 4.15. The molecule has 0 saturated carbocycles. The van der Waals surface area contributed by atoms with E-state index in [0.29, 0.717) is 30.1 Å². The Morgan fingerprint density at radius 2 is 2.22 bits per heavy atom. The van der Waals surface area contributed by atoms with Crippen molar-refractivity contribution in [2.24, 2.45) is 0 Å². The van der Waals surface area contributed by atoms with E-state index >= 15 is 0 Å². The maximum Gasteiger partial charge on any atom is 0.272 e. The van der Waals surface area contributed by atoms with Crippen molar-refractivity contribution in [3.8, 4) is 5.75 Å². The molecule has 120 valence electrons. The average molecular weight is 378 g/mol. The van der Waals surface area contributed by atoms with E-state index in [0.717, 1.165) is 16.6 Å². The molecule has 0 bridgehead atoms. The zero-order valence-corrected chi connectivity index (χ0v) is 14.1. The SMILES string of the molecule is COc1cc(NC(=O)c2cc(Br)c[nH]2)ccc1N1CCCC1=O. The van der Waals surface area contributed by atoms with Gasteiger partial charge in [-0.3, -0.25) is 9.59 Å². The lowest BCUT2D eigenvalue weighted by atomic mass is 10.2. The fraction of sp³-hybridized carbons (Fsp3) is 0.250. The van der Waals surface area contributed by atoms with Crippen molar-refractivity contribution in [1.29, 1.82) is 0 Å². The van der Waals surface area contributed by atoms with Crippen LogP contribution in [0.2, 0.25) is 0 Å². The number of aromatic nitrogens is 1. The molecule has 7 heteroatoms. The quantitative estimate of drug-likeness (QED) is 0.858. The van der Waals surface area contributed by atoms with E-state index in [4.69, 9.17) is 4.74 Å². The lowest BCUT2D eigenvalue weighted by Crippen LogP contribution is -2.24. The second kappa shape index (κ2) is 6.45. The van der Waals surface area contributed by atoms with Crippen molar-refractivity contribution in [2.45, 2.75) is 12.8 Å². The third-order valence-electron chi connectivity index (χ3n) is 3.69. The predicted molar refractivity (Wildman–Crippen MR) is 91.0 cm³/mol. The highest BCUT2D eigenvalue weighted by atomic mass is 79.9. The van der Waals surface area contributed by atoms with Gasteiger partial charge in [-0.25, -0.2) is 0 Å². The summed E-state index contributed by atoms with van der Waals surface area (Å²) in [6.45, 7) is 0.692. The highest BCUT2D eigenvalue weighted by Gasteiger charge is 2.24. The number of anilines is 2. The molecule has 1 aromatic carbocycles. The van der Waals surface area contributed by atoms with Crippen LogP contribution in [-0.4, -0.2) is 30.5 Å². The highest BCUT2D eigenvalue weighted by Crippen LogP contribution is 2.33. The van der Waals surface area contributed by atoms with Crippen molar-refractivity contribution in [3.05, 3.63) is 40.6 Å². The Morgan fingerprint density at radius 3 is 2.83 bits per heavy atom. The molecule has 3 rings (SSSR count). The van der Waals surface area contributed by atoms with Gasteiger partial charge >= 0.3 is 0 Å². The molecule has 2 aromatic rings. The molecule has 0 atom stereocenters. The van der Waals surface area contributed by atoms with E-state index in [-0.39, 0.29) is 11.8 Å². The van der Waals surface area contributed by atoms with Gasteiger partial charge in [-0.05, 0) is 40.5 Å². The van der Waals surface area contributed by atoms with Crippen LogP contribution in [0, 0.1) is 0 Å². The number of carbonyl (C=O) groups is 2. The van der Waals surface area contributed by atoms with Crippen LogP contribution in [0.5, 0.6) is 5.75 Å². The number of rotatable bonds is 4. The van der Waals surface area contributed by atoms with Crippen molar-refractivity contribution in [3.63, 3.8) is 0 Å². The Labute approximate surface area is 141 Å². The molecule has 1 aliphatic rings. The van der Waals surface area contributed by atoms with E-state index in [2.05, 4.69) is 26.2 Å². The molecule has 1 aliphatic heterocycles. The third kappa shape index (κ3) is 3.24. The van der Waals surface area contributed by atoms with Crippen LogP contribution >= 0.6 is 15.9 Å². The van der Waals surface area contributed by atoms with Gasteiger partial charge < -0.3 is 19.9 Å². The first-order valence-corrected chi connectivity index (χ1v) is 8.01. The van der Waals surface area contributed by atoms with Gasteiger partial charge in [-0.15, -0.1) is 0 Å². The van der Waals surface area contributed by atoms with Crippen LogP contribution < -0.4 is 15.0 Å². The van der Waals surface area contributed by atoms with Crippen LogP contribution in [-0.2, 0) is 4.79 Å². The normalized spacial score (nSPS) is 14.2. The first kappa shape index (κ1) is 15.6. The monoisotopic (exact) mass is 377 g/mol. The molecule has 2 amide bonds. The fourth-order valence-electron chi connectivity index (χ4n) is 2.58. The number of ether oxygens (including phenoxy) is 1. The summed E-state index contributed by atoms with van der Waals surface area (Å²) in [6.07, 6.45) is 3.10. The minimum absolute atomic E-state index is 0.0938. The highest BCUT2D eigenvalue weighted by molar-refractivity contribution is 9.10. The summed E-state index contributed by atoms with van der Waals surface area (Å²) in [7, 11) is 1.55. The number of methoxy groups -OCH3 is 1. The predicted octanol–water partition coefficient (Wildman–Crippen LogP) is 3.16. The molecule has 0 unspecified atom stereocenters. The van der Waals surface area contributed by atoms with Crippen molar-refractivity contribution < 1.29 is 14.3 Å². The number of halogens is 1. The summed E-state index contributed by atoms with van der Waals surface area (Å²) < 4.78 is 6.19. The molecule has 1 saturated heterocycles. The van der Waals surface area contributed by atoms with E-state index < -0.39 is 0 Å². The van der Waals surface area contributed by atoms with Gasteiger partial charge in [0.05, 0.1) is 12.8 Å². The van der Waals surface area contributed by atoms with Gasteiger partial charge in [-0.1, -0.05) is 0 Å². The molecule has 0 spiro atoms. The summed E-state index contributed by atoms with van der Waals surface area (Å²) in [5.41, 5.74) is 1.79. The molecular formula is C16H16BrN3O3. The van der Waals surface area contributed by atoms with Gasteiger partial charge in [0.2, 0.25) is 5.91 Å². The molecule has 1 aromatic heterocycles. The van der Waals surface area contributed by atoms with Crippen LogP contribution in [0.1, 0.15) is 23.3 Å². The molecule has 2 heterocycles. The maximum absolute atomic E-state index is 12.2. The largest absolute Gasteiger partial charge is 0.494 e. The van der Waals surface area contributed by atoms with Gasteiger partial charge in [-0.2, -0.15) is 0 Å². The Balaban J connectivity index is 1.81. The second-order valence-corrected chi connectivity index (χ2v) is 6.14. The maximum atomic E-state index is 12.2. The number of nitrogens with one attached hydrogen (secondary N) is 2. The van der Waals surface area contributed by atoms with Gasteiger partial charge in [0, 0.05) is 35.4 Å². The van der Waals surface area contributed by atoms with Crippen molar-refractivity contribution in [2.75, 3.05) is 23.9 Å². The van der Waals surface area contributed by atoms with Crippen LogP contribution in [0.25, 0.3) is 0 Å².